The Bertz CT molecular complexity index is 757. The second-order valence-electron chi connectivity index (χ2n) is 6.37. The van der Waals surface area contributed by atoms with E-state index in [4.69, 9.17) is 4.74 Å². The van der Waals surface area contributed by atoms with Crippen LogP contribution in [0.15, 0.2) is 21.9 Å². The van der Waals surface area contributed by atoms with Gasteiger partial charge in [-0.15, -0.1) is 5.06 Å². The average molecular weight is 393 g/mol. The molecule has 5 atom stereocenters. The van der Waals surface area contributed by atoms with Gasteiger partial charge in [0.15, 0.2) is 6.30 Å². The normalized spacial score (nSPS) is 32.1. The average Bonchev–Trinajstić information content (AvgIpc) is 2.83. The Hall–Kier alpha value is -1.67. The molecule has 6 N–H and O–H groups in total. The van der Waals surface area contributed by atoms with E-state index in [1.165, 1.54) is 0 Å². The summed E-state index contributed by atoms with van der Waals surface area (Å²) < 4.78 is 19.8. The monoisotopic (exact) mass is 393 g/mol. The lowest BCUT2D eigenvalue weighted by molar-refractivity contribution is -0.428. The predicted molar refractivity (Wildman–Crippen MR) is 87.1 cm³/mol. The van der Waals surface area contributed by atoms with Gasteiger partial charge in [-0.2, -0.15) is 0 Å². The van der Waals surface area contributed by atoms with E-state index in [1.54, 1.807) is 4.98 Å². The van der Waals surface area contributed by atoms with E-state index in [-0.39, 0.29) is 16.1 Å². The summed E-state index contributed by atoms with van der Waals surface area (Å²) in [5.41, 5.74) is -5.36. The van der Waals surface area contributed by atoms with Crippen molar-refractivity contribution in [3.05, 3.63) is 33.1 Å². The summed E-state index contributed by atoms with van der Waals surface area (Å²) in [5, 5.41) is 51.2. The van der Waals surface area contributed by atoms with Crippen molar-refractivity contribution in [3.8, 4) is 0 Å². The number of ether oxygens (including phenoxy) is 1. The van der Waals surface area contributed by atoms with Crippen molar-refractivity contribution in [1.82, 2.24) is 14.6 Å². The standard InChI is InChI=1S/C15H24FN3O8/c1-2-3-4-5-10(16)19(26)14(24)12(22)9(8-20)27-15(14,25)18-7-6-11(21)17-13(18)23/h6-7,9-10,12,20,22,24-26H,2-5,8H2,1H3,(H,17,21,23)/t9-,10?,12-,14-,15-/m1/s1. The first-order valence-electron chi connectivity index (χ1n) is 8.49. The van der Waals surface area contributed by atoms with E-state index in [2.05, 4.69) is 0 Å². The van der Waals surface area contributed by atoms with Gasteiger partial charge in [-0.05, 0) is 12.8 Å². The molecule has 11 nitrogen and oxygen atoms in total. The number of rotatable bonds is 8. The number of alkyl halides is 1. The molecule has 1 aromatic rings. The van der Waals surface area contributed by atoms with Crippen molar-refractivity contribution in [2.75, 3.05) is 6.61 Å². The third-order valence-corrected chi connectivity index (χ3v) is 4.55. The second-order valence-corrected chi connectivity index (χ2v) is 6.37. The molecule has 1 aliphatic heterocycles. The minimum absolute atomic E-state index is 0.250. The van der Waals surface area contributed by atoms with Crippen LogP contribution in [0.4, 0.5) is 4.39 Å². The van der Waals surface area contributed by atoms with Crippen molar-refractivity contribution in [2.24, 2.45) is 0 Å². The van der Waals surface area contributed by atoms with Gasteiger partial charge in [-0.3, -0.25) is 9.78 Å². The molecule has 12 heteroatoms. The number of aliphatic hydroxyl groups is 4. The molecular weight excluding hydrogens is 369 g/mol. The fraction of sp³-hybridized carbons (Fsp3) is 0.733. The molecule has 1 unspecified atom stereocenters. The molecule has 1 fully saturated rings. The lowest BCUT2D eigenvalue weighted by atomic mass is 10.00. The minimum atomic E-state index is -3.27. The number of unbranched alkanes of at least 4 members (excludes halogenated alkanes) is 2. The van der Waals surface area contributed by atoms with Crippen LogP contribution < -0.4 is 11.2 Å². The van der Waals surface area contributed by atoms with Gasteiger partial charge in [-0.1, -0.05) is 19.8 Å². The van der Waals surface area contributed by atoms with Gasteiger partial charge in [0.25, 0.3) is 5.56 Å². The fourth-order valence-corrected chi connectivity index (χ4v) is 3.02. The van der Waals surface area contributed by atoms with Crippen LogP contribution in [0, 0.1) is 0 Å². The first-order chi connectivity index (χ1) is 12.6. The number of H-pyrrole nitrogens is 1. The van der Waals surface area contributed by atoms with Crippen LogP contribution in [0.5, 0.6) is 0 Å². The lowest BCUT2D eigenvalue weighted by Crippen LogP contribution is -2.69. The smallest absolute Gasteiger partial charge is 0.332 e. The van der Waals surface area contributed by atoms with Gasteiger partial charge in [0, 0.05) is 12.3 Å². The zero-order valence-corrected chi connectivity index (χ0v) is 14.7. The van der Waals surface area contributed by atoms with Crippen LogP contribution >= 0.6 is 0 Å². The minimum Gasteiger partial charge on any atom is -0.394 e. The van der Waals surface area contributed by atoms with E-state index in [0.717, 1.165) is 18.7 Å². The number of aromatic amines is 1. The van der Waals surface area contributed by atoms with Crippen LogP contribution in [0.2, 0.25) is 0 Å². The van der Waals surface area contributed by atoms with E-state index < -0.39 is 48.0 Å². The Morgan fingerprint density at radius 2 is 2.07 bits per heavy atom. The molecule has 2 rings (SSSR count). The van der Waals surface area contributed by atoms with Crippen molar-refractivity contribution in [3.63, 3.8) is 0 Å². The summed E-state index contributed by atoms with van der Waals surface area (Å²) in [5.74, 6) is -3.22. The lowest BCUT2D eigenvalue weighted by Gasteiger charge is -2.43. The van der Waals surface area contributed by atoms with Gasteiger partial charge in [0.1, 0.15) is 12.2 Å². The summed E-state index contributed by atoms with van der Waals surface area (Å²) in [6, 6.07) is 0.803. The quantitative estimate of drug-likeness (QED) is 0.128. The number of aromatic nitrogens is 2. The molecule has 1 aromatic heterocycles. The summed E-state index contributed by atoms with van der Waals surface area (Å²) in [6.07, 6.45) is -3.90. The summed E-state index contributed by atoms with van der Waals surface area (Å²) in [6.45, 7) is 0.948. The molecule has 0 aliphatic carbocycles. The van der Waals surface area contributed by atoms with E-state index in [9.17, 15) is 39.6 Å². The maximum Gasteiger partial charge on any atom is 0.332 e. The van der Waals surface area contributed by atoms with E-state index in [1.807, 2.05) is 6.92 Å². The van der Waals surface area contributed by atoms with Crippen molar-refractivity contribution in [1.29, 1.82) is 0 Å². The van der Waals surface area contributed by atoms with Crippen molar-refractivity contribution in [2.45, 2.75) is 62.7 Å². The van der Waals surface area contributed by atoms with Crippen LogP contribution in [0.1, 0.15) is 32.6 Å². The fourth-order valence-electron chi connectivity index (χ4n) is 3.02. The Morgan fingerprint density at radius 3 is 2.63 bits per heavy atom. The zero-order chi connectivity index (χ0) is 20.4. The Balaban J connectivity index is 2.50. The Kier molecular flexibility index (Phi) is 6.52. The highest BCUT2D eigenvalue weighted by Gasteiger charge is 2.71. The van der Waals surface area contributed by atoms with Gasteiger partial charge in [0.05, 0.1) is 6.61 Å². The topological polar surface area (TPSA) is 168 Å². The van der Waals surface area contributed by atoms with Crippen LogP contribution in [0.3, 0.4) is 0 Å². The molecule has 0 amide bonds. The number of nitrogens with one attached hydrogen (secondary N) is 1. The molecular formula is C15H24FN3O8. The predicted octanol–water partition coefficient (Wildman–Crippen LogP) is -1.85. The summed E-state index contributed by atoms with van der Waals surface area (Å²) in [7, 11) is 0. The largest absolute Gasteiger partial charge is 0.394 e. The zero-order valence-electron chi connectivity index (χ0n) is 14.7. The van der Waals surface area contributed by atoms with Crippen LogP contribution in [-0.2, 0) is 10.6 Å². The summed E-state index contributed by atoms with van der Waals surface area (Å²) in [4.78, 5) is 25.1. The first kappa shape index (κ1) is 21.6. The molecule has 0 saturated carbocycles. The van der Waals surface area contributed by atoms with Gasteiger partial charge in [-0.25, -0.2) is 13.8 Å². The highest BCUT2D eigenvalue weighted by atomic mass is 19.1. The van der Waals surface area contributed by atoms with Crippen LogP contribution in [-0.4, -0.2) is 71.1 Å². The SMILES string of the molecule is CCCCCC(F)N(O)[C@@]1(O)[C@H](O)[C@@H](CO)O[C@@]1(O)n1ccc(=O)[nH]c1=O. The van der Waals surface area contributed by atoms with Crippen LogP contribution in [0.25, 0.3) is 0 Å². The molecule has 2 heterocycles. The second kappa shape index (κ2) is 8.14. The number of nitrogens with zero attached hydrogens (tertiary/aromatic N) is 2. The summed E-state index contributed by atoms with van der Waals surface area (Å²) >= 11 is 0. The first-order valence-corrected chi connectivity index (χ1v) is 8.49. The molecule has 154 valence electrons. The maximum absolute atomic E-state index is 14.5. The molecule has 1 saturated heterocycles. The van der Waals surface area contributed by atoms with Gasteiger partial charge < -0.3 is 30.4 Å². The Morgan fingerprint density at radius 1 is 1.41 bits per heavy atom. The van der Waals surface area contributed by atoms with Crippen molar-refractivity contribution >= 4 is 0 Å². The highest BCUT2D eigenvalue weighted by Crippen LogP contribution is 2.44. The highest BCUT2D eigenvalue weighted by molar-refractivity contribution is 5.05. The number of hydroxylamine groups is 2. The maximum atomic E-state index is 14.5. The number of halogens is 1. The van der Waals surface area contributed by atoms with E-state index in [0.29, 0.717) is 12.8 Å². The third kappa shape index (κ3) is 3.57. The molecule has 27 heavy (non-hydrogen) atoms. The molecule has 1 aliphatic rings. The third-order valence-electron chi connectivity index (χ3n) is 4.55. The molecule has 0 radical (unpaired) electrons. The molecule has 0 aromatic carbocycles. The van der Waals surface area contributed by atoms with Crippen molar-refractivity contribution < 1.29 is 34.8 Å². The molecule has 0 spiro atoms. The number of aliphatic hydroxyl groups excluding tert-OH is 2. The van der Waals surface area contributed by atoms with Gasteiger partial charge in [0.2, 0.25) is 5.72 Å². The Labute approximate surface area is 152 Å². The molecule has 0 bridgehead atoms. The number of hydrogen-bond acceptors (Lipinski definition) is 9. The number of hydrogen-bond donors (Lipinski definition) is 6. The van der Waals surface area contributed by atoms with Gasteiger partial charge >= 0.3 is 11.6 Å². The van der Waals surface area contributed by atoms with E-state index >= 15 is 0 Å².